The largest absolute Gasteiger partial charge is 0.492 e. The minimum Gasteiger partial charge on any atom is -0.492 e. The maximum Gasteiger partial charge on any atom is 0.137 e. The molecule has 152 valence electrons. The maximum absolute atomic E-state index is 6.12. The van der Waals surface area contributed by atoms with Crippen LogP contribution in [0.1, 0.15) is 29.0 Å². The van der Waals surface area contributed by atoms with E-state index in [-0.39, 0.29) is 6.10 Å². The number of hydrogen-bond acceptors (Lipinski definition) is 6. The fourth-order valence-corrected chi connectivity index (χ4v) is 3.59. The highest BCUT2D eigenvalue weighted by Gasteiger charge is 2.25. The van der Waals surface area contributed by atoms with Crippen LogP contribution < -0.4 is 9.64 Å². The molecule has 1 N–H and O–H groups in total. The third-order valence-corrected chi connectivity index (χ3v) is 5.10. The van der Waals surface area contributed by atoms with Crippen LogP contribution in [0.3, 0.4) is 0 Å². The molecule has 0 radical (unpaired) electrons. The number of morpholine rings is 1. The van der Waals surface area contributed by atoms with Gasteiger partial charge in [0.05, 0.1) is 30.5 Å². The molecule has 1 fully saturated rings. The number of aryl methyl sites for hydroxylation is 2. The highest BCUT2D eigenvalue weighted by molar-refractivity contribution is 6.32. The minimum atomic E-state index is -0.103. The van der Waals surface area contributed by atoms with Gasteiger partial charge in [0.25, 0.3) is 0 Å². The molecule has 3 aromatic rings. The summed E-state index contributed by atoms with van der Waals surface area (Å²) in [4.78, 5) is 11.2. The molecular weight excluding hydrogens is 390 g/mol. The Morgan fingerprint density at radius 3 is 2.93 bits per heavy atom. The van der Waals surface area contributed by atoms with Gasteiger partial charge in [0.1, 0.15) is 23.5 Å². The minimum absolute atomic E-state index is 0.103. The van der Waals surface area contributed by atoms with Gasteiger partial charge < -0.3 is 14.4 Å². The lowest BCUT2D eigenvalue weighted by Crippen LogP contribution is -2.39. The standard InChI is InChI=1S/C21H24ClN5O2/c1-14-11-21(24-15(2)23-14)27-8-10-29-20(13-27)18-12-16(25-26-18)7-9-28-19-6-4-3-5-17(19)22/h3-6,11-12,20H,7-10,13H2,1-2H3,(H,25,26). The Morgan fingerprint density at radius 1 is 1.24 bits per heavy atom. The number of ether oxygens (including phenoxy) is 2. The van der Waals surface area contributed by atoms with Crippen LogP contribution in [0.25, 0.3) is 0 Å². The molecule has 8 heteroatoms. The van der Waals surface area contributed by atoms with Crippen molar-refractivity contribution in [1.29, 1.82) is 0 Å². The van der Waals surface area contributed by atoms with Crippen molar-refractivity contribution in [2.45, 2.75) is 26.4 Å². The average molecular weight is 414 g/mol. The van der Waals surface area contributed by atoms with Gasteiger partial charge in [-0.05, 0) is 32.0 Å². The van der Waals surface area contributed by atoms with Crippen LogP contribution >= 0.6 is 11.6 Å². The monoisotopic (exact) mass is 413 g/mol. The summed E-state index contributed by atoms with van der Waals surface area (Å²) in [6.07, 6.45) is 0.604. The van der Waals surface area contributed by atoms with Gasteiger partial charge in [-0.2, -0.15) is 5.10 Å². The summed E-state index contributed by atoms with van der Waals surface area (Å²) in [6, 6.07) is 11.5. The maximum atomic E-state index is 6.12. The zero-order valence-corrected chi connectivity index (χ0v) is 17.3. The Kier molecular flexibility index (Phi) is 5.97. The first kappa shape index (κ1) is 19.7. The molecule has 2 aromatic heterocycles. The molecule has 3 heterocycles. The van der Waals surface area contributed by atoms with E-state index in [1.807, 2.05) is 50.2 Å². The summed E-state index contributed by atoms with van der Waals surface area (Å²) in [5.41, 5.74) is 2.86. The van der Waals surface area contributed by atoms with Crippen LogP contribution in [0.4, 0.5) is 5.82 Å². The molecule has 0 spiro atoms. The van der Waals surface area contributed by atoms with E-state index in [2.05, 4.69) is 25.1 Å². The van der Waals surface area contributed by atoms with Gasteiger partial charge in [0, 0.05) is 30.4 Å². The van der Waals surface area contributed by atoms with Gasteiger partial charge in [-0.3, -0.25) is 5.10 Å². The average Bonchev–Trinajstić information content (AvgIpc) is 3.18. The van der Waals surface area contributed by atoms with Crippen LogP contribution in [-0.2, 0) is 11.2 Å². The first-order chi connectivity index (χ1) is 14.1. The zero-order chi connectivity index (χ0) is 20.2. The second-order valence-corrected chi connectivity index (χ2v) is 7.47. The van der Waals surface area contributed by atoms with Gasteiger partial charge in [0.2, 0.25) is 0 Å². The number of nitrogens with one attached hydrogen (secondary N) is 1. The normalized spacial score (nSPS) is 16.8. The first-order valence-electron chi connectivity index (χ1n) is 9.69. The summed E-state index contributed by atoms with van der Waals surface area (Å²) in [5.74, 6) is 2.41. The van der Waals surface area contributed by atoms with E-state index in [0.717, 1.165) is 35.3 Å². The Morgan fingerprint density at radius 2 is 2.10 bits per heavy atom. The van der Waals surface area contributed by atoms with Crippen molar-refractivity contribution >= 4 is 17.4 Å². The zero-order valence-electron chi connectivity index (χ0n) is 16.6. The highest BCUT2D eigenvalue weighted by atomic mass is 35.5. The van der Waals surface area contributed by atoms with Gasteiger partial charge in [-0.15, -0.1) is 0 Å². The predicted octanol–water partition coefficient (Wildman–Crippen LogP) is 3.67. The molecule has 4 rings (SSSR count). The summed E-state index contributed by atoms with van der Waals surface area (Å²) >= 11 is 6.12. The number of nitrogens with zero attached hydrogens (tertiary/aromatic N) is 4. The van der Waals surface area contributed by atoms with Gasteiger partial charge in [0.15, 0.2) is 0 Å². The number of aromatic amines is 1. The number of halogens is 1. The molecule has 0 bridgehead atoms. The molecule has 0 aliphatic carbocycles. The van der Waals surface area contributed by atoms with E-state index in [0.29, 0.717) is 37.0 Å². The molecule has 1 unspecified atom stereocenters. The molecule has 7 nitrogen and oxygen atoms in total. The highest BCUT2D eigenvalue weighted by Crippen LogP contribution is 2.26. The summed E-state index contributed by atoms with van der Waals surface area (Å²) in [7, 11) is 0. The third kappa shape index (κ3) is 4.86. The number of benzene rings is 1. The number of rotatable bonds is 6. The summed E-state index contributed by atoms with van der Waals surface area (Å²) < 4.78 is 11.7. The van der Waals surface area contributed by atoms with E-state index >= 15 is 0 Å². The summed E-state index contributed by atoms with van der Waals surface area (Å²) in [6.45, 7) is 6.55. The lowest BCUT2D eigenvalue weighted by molar-refractivity contribution is 0.0367. The fraction of sp³-hybridized carbons (Fsp3) is 0.381. The van der Waals surface area contributed by atoms with Crippen molar-refractivity contribution in [1.82, 2.24) is 20.2 Å². The Hall–Kier alpha value is -2.64. The molecule has 1 aliphatic rings. The molecule has 1 atom stereocenters. The van der Waals surface area contributed by atoms with Crippen molar-refractivity contribution < 1.29 is 9.47 Å². The first-order valence-corrected chi connectivity index (χ1v) is 10.1. The number of aromatic nitrogens is 4. The van der Waals surface area contributed by atoms with E-state index < -0.39 is 0 Å². The van der Waals surface area contributed by atoms with Crippen molar-refractivity contribution in [3.8, 4) is 5.75 Å². The molecule has 0 amide bonds. The molecule has 1 saturated heterocycles. The fourth-order valence-electron chi connectivity index (χ4n) is 3.40. The molecule has 29 heavy (non-hydrogen) atoms. The second kappa shape index (κ2) is 8.80. The predicted molar refractivity (Wildman–Crippen MR) is 112 cm³/mol. The molecule has 1 aliphatic heterocycles. The second-order valence-electron chi connectivity index (χ2n) is 7.07. The summed E-state index contributed by atoms with van der Waals surface area (Å²) in [5, 5.41) is 8.16. The third-order valence-electron chi connectivity index (χ3n) is 4.79. The number of para-hydroxylation sites is 1. The topological polar surface area (TPSA) is 76.2 Å². The van der Waals surface area contributed by atoms with E-state index in [4.69, 9.17) is 21.1 Å². The quantitative estimate of drug-likeness (QED) is 0.664. The number of anilines is 1. The van der Waals surface area contributed by atoms with Crippen molar-refractivity contribution in [2.24, 2.45) is 0 Å². The Labute approximate surface area is 175 Å². The van der Waals surface area contributed by atoms with Gasteiger partial charge in [-0.1, -0.05) is 23.7 Å². The van der Waals surface area contributed by atoms with Crippen molar-refractivity contribution in [2.75, 3.05) is 31.2 Å². The molecule has 1 aromatic carbocycles. The van der Waals surface area contributed by atoms with Crippen LogP contribution in [0.5, 0.6) is 5.75 Å². The van der Waals surface area contributed by atoms with Crippen molar-refractivity contribution in [3.63, 3.8) is 0 Å². The smallest absolute Gasteiger partial charge is 0.137 e. The van der Waals surface area contributed by atoms with Crippen LogP contribution in [0, 0.1) is 13.8 Å². The van der Waals surface area contributed by atoms with Crippen LogP contribution in [0.15, 0.2) is 36.4 Å². The lowest BCUT2D eigenvalue weighted by Gasteiger charge is -2.33. The van der Waals surface area contributed by atoms with E-state index in [1.165, 1.54) is 0 Å². The molecule has 0 saturated carbocycles. The van der Waals surface area contributed by atoms with E-state index in [9.17, 15) is 0 Å². The number of H-pyrrole nitrogens is 1. The number of hydrogen-bond donors (Lipinski definition) is 1. The van der Waals surface area contributed by atoms with E-state index in [1.54, 1.807) is 0 Å². The van der Waals surface area contributed by atoms with Gasteiger partial charge in [-0.25, -0.2) is 9.97 Å². The van der Waals surface area contributed by atoms with Crippen LogP contribution in [0.2, 0.25) is 5.02 Å². The van der Waals surface area contributed by atoms with Crippen molar-refractivity contribution in [3.05, 3.63) is 64.3 Å². The van der Waals surface area contributed by atoms with Gasteiger partial charge >= 0.3 is 0 Å². The lowest BCUT2D eigenvalue weighted by atomic mass is 10.2. The Balaban J connectivity index is 1.36. The SMILES string of the molecule is Cc1cc(N2CCOC(c3cc(CCOc4ccccc4Cl)[nH]n3)C2)nc(C)n1. The Bertz CT molecular complexity index is 957. The van der Waals surface area contributed by atoms with Crippen LogP contribution in [-0.4, -0.2) is 46.5 Å². The molecular formula is C21H24ClN5O2.